The molecule has 1 rings (SSSR count). The van der Waals surface area contributed by atoms with Gasteiger partial charge in [0.05, 0.1) is 26.7 Å². The molecule has 23 heavy (non-hydrogen) atoms. The van der Waals surface area contributed by atoms with E-state index < -0.39 is 0 Å². The SMILES string of the molecule is CCNC(=NCC(C)C(=O)OC)NCCc1ccc(OC)cc1. The van der Waals surface area contributed by atoms with Crippen LogP contribution in [0.5, 0.6) is 5.75 Å². The molecule has 128 valence electrons. The molecule has 1 aromatic rings. The first-order valence-corrected chi connectivity index (χ1v) is 7.83. The second-order valence-corrected chi connectivity index (χ2v) is 5.17. The van der Waals surface area contributed by atoms with Crippen LogP contribution >= 0.6 is 0 Å². The molecule has 0 radical (unpaired) electrons. The van der Waals surface area contributed by atoms with Crippen molar-refractivity contribution < 1.29 is 14.3 Å². The van der Waals surface area contributed by atoms with Gasteiger partial charge in [-0.25, -0.2) is 0 Å². The van der Waals surface area contributed by atoms with Gasteiger partial charge in [-0.15, -0.1) is 0 Å². The standard InChI is InChI=1S/C17H27N3O3/c1-5-18-17(20-12-13(2)16(21)23-4)19-11-10-14-6-8-15(22-3)9-7-14/h6-9,13H,5,10-12H2,1-4H3,(H2,18,19,20). The average molecular weight is 321 g/mol. The molecule has 0 amide bonds. The summed E-state index contributed by atoms with van der Waals surface area (Å²) in [5.41, 5.74) is 1.22. The van der Waals surface area contributed by atoms with Crippen LogP contribution in [-0.2, 0) is 16.0 Å². The number of guanidine groups is 1. The fourth-order valence-corrected chi connectivity index (χ4v) is 1.96. The van der Waals surface area contributed by atoms with Crippen LogP contribution in [0, 0.1) is 5.92 Å². The lowest BCUT2D eigenvalue weighted by Gasteiger charge is -2.13. The summed E-state index contributed by atoms with van der Waals surface area (Å²) in [6, 6.07) is 7.99. The van der Waals surface area contributed by atoms with Crippen LogP contribution in [0.4, 0.5) is 0 Å². The summed E-state index contributed by atoms with van der Waals surface area (Å²) in [6.45, 7) is 5.72. The molecule has 0 aliphatic heterocycles. The van der Waals surface area contributed by atoms with E-state index in [9.17, 15) is 4.79 Å². The zero-order chi connectivity index (χ0) is 17.1. The third kappa shape index (κ3) is 7.04. The van der Waals surface area contributed by atoms with Gasteiger partial charge >= 0.3 is 5.97 Å². The molecule has 0 bridgehead atoms. The largest absolute Gasteiger partial charge is 0.497 e. The number of hydrogen-bond donors (Lipinski definition) is 2. The first kappa shape index (κ1) is 18.8. The number of carbonyl (C=O) groups is 1. The van der Waals surface area contributed by atoms with E-state index in [4.69, 9.17) is 9.47 Å². The number of benzene rings is 1. The molecule has 1 atom stereocenters. The van der Waals surface area contributed by atoms with Gasteiger partial charge in [0.25, 0.3) is 0 Å². The zero-order valence-corrected chi connectivity index (χ0v) is 14.4. The highest BCUT2D eigenvalue weighted by atomic mass is 16.5. The molecule has 0 saturated carbocycles. The first-order valence-electron chi connectivity index (χ1n) is 7.83. The van der Waals surface area contributed by atoms with Crippen LogP contribution in [0.1, 0.15) is 19.4 Å². The second-order valence-electron chi connectivity index (χ2n) is 5.17. The molecular weight excluding hydrogens is 294 g/mol. The average Bonchev–Trinajstić information content (AvgIpc) is 2.59. The lowest BCUT2D eigenvalue weighted by atomic mass is 10.1. The van der Waals surface area contributed by atoms with Crippen molar-refractivity contribution in [2.24, 2.45) is 10.9 Å². The smallest absolute Gasteiger partial charge is 0.310 e. The Balaban J connectivity index is 2.46. The number of nitrogens with zero attached hydrogens (tertiary/aromatic N) is 1. The van der Waals surface area contributed by atoms with Crippen LogP contribution in [0.25, 0.3) is 0 Å². The van der Waals surface area contributed by atoms with Gasteiger partial charge in [0, 0.05) is 13.1 Å². The molecular formula is C17H27N3O3. The summed E-state index contributed by atoms with van der Waals surface area (Å²) >= 11 is 0. The van der Waals surface area contributed by atoms with E-state index >= 15 is 0 Å². The Bertz CT molecular complexity index is 500. The van der Waals surface area contributed by atoms with Gasteiger partial charge in [-0.1, -0.05) is 19.1 Å². The van der Waals surface area contributed by atoms with Crippen molar-refractivity contribution in [3.63, 3.8) is 0 Å². The van der Waals surface area contributed by atoms with E-state index in [1.165, 1.54) is 12.7 Å². The monoisotopic (exact) mass is 321 g/mol. The molecule has 0 fully saturated rings. The first-order chi connectivity index (χ1) is 11.1. The molecule has 0 spiro atoms. The number of methoxy groups -OCH3 is 2. The number of hydrogen-bond acceptors (Lipinski definition) is 4. The van der Waals surface area contributed by atoms with E-state index in [1.54, 1.807) is 14.0 Å². The van der Waals surface area contributed by atoms with Crippen molar-refractivity contribution in [2.75, 3.05) is 33.9 Å². The van der Waals surface area contributed by atoms with Crippen LogP contribution in [0.2, 0.25) is 0 Å². The van der Waals surface area contributed by atoms with Gasteiger partial charge in [0.2, 0.25) is 0 Å². The summed E-state index contributed by atoms with van der Waals surface area (Å²) in [5, 5.41) is 6.43. The number of nitrogens with one attached hydrogen (secondary N) is 2. The molecule has 0 aliphatic carbocycles. The fraction of sp³-hybridized carbons (Fsp3) is 0.529. The third-order valence-electron chi connectivity index (χ3n) is 3.34. The van der Waals surface area contributed by atoms with Crippen LogP contribution < -0.4 is 15.4 Å². The van der Waals surface area contributed by atoms with E-state index in [2.05, 4.69) is 15.6 Å². The van der Waals surface area contributed by atoms with Gasteiger partial charge in [-0.3, -0.25) is 9.79 Å². The maximum atomic E-state index is 11.4. The fourth-order valence-electron chi connectivity index (χ4n) is 1.96. The number of carbonyl (C=O) groups excluding carboxylic acids is 1. The van der Waals surface area contributed by atoms with E-state index in [0.717, 1.165) is 25.3 Å². The maximum absolute atomic E-state index is 11.4. The number of aliphatic imine (C=N–C) groups is 1. The Hall–Kier alpha value is -2.24. The van der Waals surface area contributed by atoms with Gasteiger partial charge < -0.3 is 20.1 Å². The van der Waals surface area contributed by atoms with Gasteiger partial charge in [-0.2, -0.15) is 0 Å². The molecule has 0 aromatic heterocycles. The van der Waals surface area contributed by atoms with Crippen molar-refractivity contribution in [1.29, 1.82) is 0 Å². The Morgan fingerprint density at radius 3 is 2.48 bits per heavy atom. The minimum absolute atomic E-state index is 0.247. The third-order valence-corrected chi connectivity index (χ3v) is 3.34. The topological polar surface area (TPSA) is 72.0 Å². The van der Waals surface area contributed by atoms with Crippen LogP contribution in [0.15, 0.2) is 29.3 Å². The van der Waals surface area contributed by atoms with Crippen molar-refractivity contribution in [2.45, 2.75) is 20.3 Å². The minimum Gasteiger partial charge on any atom is -0.497 e. The van der Waals surface area contributed by atoms with Crippen molar-refractivity contribution >= 4 is 11.9 Å². The molecule has 0 saturated heterocycles. The molecule has 6 heteroatoms. The highest BCUT2D eigenvalue weighted by Crippen LogP contribution is 2.11. The van der Waals surface area contributed by atoms with Gasteiger partial charge in [-0.05, 0) is 31.0 Å². The molecule has 0 aliphatic rings. The van der Waals surface area contributed by atoms with Gasteiger partial charge in [0.15, 0.2) is 5.96 Å². The molecule has 6 nitrogen and oxygen atoms in total. The Morgan fingerprint density at radius 1 is 1.22 bits per heavy atom. The summed E-state index contributed by atoms with van der Waals surface area (Å²) in [4.78, 5) is 15.8. The lowest BCUT2D eigenvalue weighted by molar-refractivity contribution is -0.144. The zero-order valence-electron chi connectivity index (χ0n) is 14.4. The number of esters is 1. The summed E-state index contributed by atoms with van der Waals surface area (Å²) in [6.07, 6.45) is 0.876. The van der Waals surface area contributed by atoms with E-state index in [1.807, 2.05) is 31.2 Å². The Morgan fingerprint density at radius 2 is 1.91 bits per heavy atom. The second kappa shape index (κ2) is 10.5. The quantitative estimate of drug-likeness (QED) is 0.432. The summed E-state index contributed by atoms with van der Waals surface area (Å²) < 4.78 is 9.85. The van der Waals surface area contributed by atoms with Crippen molar-refractivity contribution in [3.05, 3.63) is 29.8 Å². The highest BCUT2D eigenvalue weighted by molar-refractivity contribution is 5.80. The van der Waals surface area contributed by atoms with Gasteiger partial charge in [0.1, 0.15) is 5.75 Å². The van der Waals surface area contributed by atoms with E-state index in [-0.39, 0.29) is 11.9 Å². The molecule has 1 aromatic carbocycles. The van der Waals surface area contributed by atoms with E-state index in [0.29, 0.717) is 12.5 Å². The number of ether oxygens (including phenoxy) is 2. The Labute approximate surface area is 138 Å². The van der Waals surface area contributed by atoms with Crippen LogP contribution in [0.3, 0.4) is 0 Å². The minimum atomic E-state index is -0.253. The van der Waals surface area contributed by atoms with Crippen molar-refractivity contribution in [1.82, 2.24) is 10.6 Å². The van der Waals surface area contributed by atoms with Crippen molar-refractivity contribution in [3.8, 4) is 5.75 Å². The normalized spacial score (nSPS) is 12.4. The summed E-state index contributed by atoms with van der Waals surface area (Å²) in [7, 11) is 3.05. The maximum Gasteiger partial charge on any atom is 0.310 e. The molecule has 0 heterocycles. The summed E-state index contributed by atoms with van der Waals surface area (Å²) in [5.74, 6) is 1.06. The highest BCUT2D eigenvalue weighted by Gasteiger charge is 2.12. The predicted octanol–water partition coefficient (Wildman–Crippen LogP) is 1.60. The lowest BCUT2D eigenvalue weighted by Crippen LogP contribution is -2.38. The Kier molecular flexibility index (Phi) is 8.57. The van der Waals surface area contributed by atoms with Crippen LogP contribution in [-0.4, -0.2) is 45.8 Å². The molecule has 1 unspecified atom stereocenters. The number of rotatable bonds is 8. The molecule has 2 N–H and O–H groups in total. The predicted molar refractivity (Wildman–Crippen MR) is 91.9 cm³/mol.